The number of imide groups is 1. The molecule has 0 saturated carbocycles. The number of amides is 4. The van der Waals surface area contributed by atoms with Crippen LogP contribution >= 0.6 is 11.8 Å². The van der Waals surface area contributed by atoms with Crippen LogP contribution in [0.15, 0.2) is 29.2 Å². The van der Waals surface area contributed by atoms with Crippen molar-refractivity contribution in [3.8, 4) is 0 Å². The molecule has 0 radical (unpaired) electrons. The highest BCUT2D eigenvalue weighted by Gasteiger charge is 2.41. The molecule has 2 N–H and O–H groups in total. The molecule has 0 aliphatic carbocycles. The van der Waals surface area contributed by atoms with Crippen LogP contribution < -0.4 is 10.6 Å². The number of carbonyl (C=O) groups excluding carboxylic acids is 4. The molecule has 1 aliphatic rings. The van der Waals surface area contributed by atoms with E-state index in [9.17, 15) is 19.2 Å². The summed E-state index contributed by atoms with van der Waals surface area (Å²) in [5.74, 6) is -1.12. The van der Waals surface area contributed by atoms with Gasteiger partial charge in [0, 0.05) is 24.7 Å². The number of likely N-dealkylation sites (N-methyl/N-ethyl adjacent to an activating group) is 1. The molecule has 1 aliphatic heterocycles. The van der Waals surface area contributed by atoms with Gasteiger partial charge in [-0.3, -0.25) is 14.9 Å². The fourth-order valence-corrected chi connectivity index (χ4v) is 3.13. The number of carbonyl (C=O) groups is 4. The van der Waals surface area contributed by atoms with E-state index in [0.29, 0.717) is 10.5 Å². The molecule has 1 atom stereocenters. The molecular weight excluding hydrogens is 346 g/mol. The van der Waals surface area contributed by atoms with Gasteiger partial charge in [0.1, 0.15) is 5.54 Å². The Labute approximate surface area is 149 Å². The van der Waals surface area contributed by atoms with E-state index in [2.05, 4.69) is 10.6 Å². The molecule has 1 fully saturated rings. The standard InChI is InChI=1S/C16H19N3O5S/c1-16(14(22)17-15(23)18-16)9-25-11-7-5-4-6-10(11)13(21)24-8-12(20)19(2)3/h4-7H,8-9H2,1-3H3,(H2,17,18,22,23)/t16-/m0/s1. The third-order valence-corrected chi connectivity index (χ3v) is 4.96. The van der Waals surface area contributed by atoms with Crippen molar-refractivity contribution in [2.75, 3.05) is 26.5 Å². The number of thioether (sulfide) groups is 1. The predicted molar refractivity (Wildman–Crippen MR) is 91.2 cm³/mol. The van der Waals surface area contributed by atoms with Crippen molar-refractivity contribution in [3.63, 3.8) is 0 Å². The second-order valence-electron chi connectivity index (χ2n) is 5.89. The van der Waals surface area contributed by atoms with Gasteiger partial charge < -0.3 is 15.0 Å². The zero-order chi connectivity index (χ0) is 18.6. The zero-order valence-electron chi connectivity index (χ0n) is 14.1. The van der Waals surface area contributed by atoms with Crippen LogP contribution in [0.2, 0.25) is 0 Å². The van der Waals surface area contributed by atoms with Gasteiger partial charge in [0.25, 0.3) is 11.8 Å². The molecule has 0 aromatic heterocycles. The molecule has 9 heteroatoms. The Morgan fingerprint density at radius 1 is 1.24 bits per heavy atom. The number of benzene rings is 1. The van der Waals surface area contributed by atoms with E-state index in [1.54, 1.807) is 45.3 Å². The van der Waals surface area contributed by atoms with Crippen molar-refractivity contribution in [2.45, 2.75) is 17.4 Å². The molecule has 8 nitrogen and oxygen atoms in total. The van der Waals surface area contributed by atoms with Crippen LogP contribution in [0.5, 0.6) is 0 Å². The molecule has 4 amide bonds. The van der Waals surface area contributed by atoms with Crippen molar-refractivity contribution >= 4 is 35.6 Å². The van der Waals surface area contributed by atoms with Crippen molar-refractivity contribution in [1.29, 1.82) is 0 Å². The summed E-state index contributed by atoms with van der Waals surface area (Å²) >= 11 is 1.25. The Kier molecular flexibility index (Phi) is 5.68. The first-order valence-corrected chi connectivity index (χ1v) is 8.44. The lowest BCUT2D eigenvalue weighted by Gasteiger charge is -2.20. The third-order valence-electron chi connectivity index (χ3n) is 3.57. The minimum Gasteiger partial charge on any atom is -0.452 e. The Bertz CT molecular complexity index is 721. The molecular formula is C16H19N3O5S. The van der Waals surface area contributed by atoms with E-state index in [-0.39, 0.29) is 18.3 Å². The van der Waals surface area contributed by atoms with E-state index in [1.807, 2.05) is 0 Å². The quantitative estimate of drug-likeness (QED) is 0.435. The SMILES string of the molecule is CN(C)C(=O)COC(=O)c1ccccc1SC[C@]1(C)NC(=O)NC1=O. The minimum atomic E-state index is -1.06. The topological polar surface area (TPSA) is 105 Å². The lowest BCUT2D eigenvalue weighted by molar-refractivity contribution is -0.132. The van der Waals surface area contributed by atoms with Crippen LogP contribution in [-0.4, -0.2) is 60.7 Å². The van der Waals surface area contributed by atoms with Gasteiger partial charge in [0.05, 0.1) is 5.56 Å². The summed E-state index contributed by atoms with van der Waals surface area (Å²) in [6, 6.07) is 6.19. The molecule has 1 saturated heterocycles. The first-order chi connectivity index (χ1) is 11.7. The maximum Gasteiger partial charge on any atom is 0.339 e. The Morgan fingerprint density at radius 2 is 1.92 bits per heavy atom. The Morgan fingerprint density at radius 3 is 2.52 bits per heavy atom. The van der Waals surface area contributed by atoms with E-state index in [4.69, 9.17) is 4.74 Å². The van der Waals surface area contributed by atoms with Crippen LogP contribution in [0.4, 0.5) is 4.79 Å². The van der Waals surface area contributed by atoms with E-state index in [0.717, 1.165) is 0 Å². The number of hydrogen-bond donors (Lipinski definition) is 2. The van der Waals surface area contributed by atoms with Crippen molar-refractivity contribution in [3.05, 3.63) is 29.8 Å². The molecule has 0 bridgehead atoms. The van der Waals surface area contributed by atoms with Gasteiger partial charge in [0.2, 0.25) is 0 Å². The number of nitrogens with one attached hydrogen (secondary N) is 2. The number of nitrogens with zero attached hydrogens (tertiary/aromatic N) is 1. The molecule has 0 spiro atoms. The lowest BCUT2D eigenvalue weighted by atomic mass is 10.1. The van der Waals surface area contributed by atoms with Crippen LogP contribution in [0.3, 0.4) is 0 Å². The summed E-state index contributed by atoms with van der Waals surface area (Å²) in [4.78, 5) is 48.8. The molecule has 0 unspecified atom stereocenters. The minimum absolute atomic E-state index is 0.242. The highest BCUT2D eigenvalue weighted by molar-refractivity contribution is 7.99. The maximum atomic E-state index is 12.2. The summed E-state index contributed by atoms with van der Waals surface area (Å²) in [6.07, 6.45) is 0. The molecule has 25 heavy (non-hydrogen) atoms. The smallest absolute Gasteiger partial charge is 0.339 e. The van der Waals surface area contributed by atoms with Crippen LogP contribution in [-0.2, 0) is 14.3 Å². The van der Waals surface area contributed by atoms with Gasteiger partial charge in [-0.15, -0.1) is 11.8 Å². The number of ether oxygens (including phenoxy) is 1. The highest BCUT2D eigenvalue weighted by atomic mass is 32.2. The predicted octanol–water partition coefficient (Wildman–Crippen LogP) is 0.622. The van der Waals surface area contributed by atoms with Crippen molar-refractivity contribution < 1.29 is 23.9 Å². The molecule has 1 heterocycles. The van der Waals surface area contributed by atoms with Gasteiger partial charge in [0.15, 0.2) is 6.61 Å². The van der Waals surface area contributed by atoms with Crippen LogP contribution in [0.1, 0.15) is 17.3 Å². The second kappa shape index (κ2) is 7.56. The molecule has 1 aromatic carbocycles. The van der Waals surface area contributed by atoms with Gasteiger partial charge >= 0.3 is 12.0 Å². The number of rotatable bonds is 6. The summed E-state index contributed by atoms with van der Waals surface area (Å²) in [7, 11) is 3.14. The lowest BCUT2D eigenvalue weighted by Crippen LogP contribution is -2.46. The van der Waals surface area contributed by atoms with Crippen molar-refractivity contribution in [2.24, 2.45) is 0 Å². The normalized spacial score (nSPS) is 19.2. The first kappa shape index (κ1) is 18.8. The molecule has 1 aromatic rings. The van der Waals surface area contributed by atoms with Gasteiger partial charge in [-0.1, -0.05) is 12.1 Å². The van der Waals surface area contributed by atoms with Gasteiger partial charge in [-0.05, 0) is 19.1 Å². The summed E-state index contributed by atoms with van der Waals surface area (Å²) in [5, 5.41) is 4.75. The first-order valence-electron chi connectivity index (χ1n) is 7.45. The van der Waals surface area contributed by atoms with E-state index in [1.165, 1.54) is 16.7 Å². The summed E-state index contributed by atoms with van der Waals surface area (Å²) in [5.41, 5.74) is -0.757. The van der Waals surface area contributed by atoms with Crippen LogP contribution in [0.25, 0.3) is 0 Å². The molecule has 134 valence electrons. The molecule has 2 rings (SSSR count). The Balaban J connectivity index is 2.05. The highest BCUT2D eigenvalue weighted by Crippen LogP contribution is 2.28. The monoisotopic (exact) mass is 365 g/mol. The average Bonchev–Trinajstić information content (AvgIpc) is 2.83. The second-order valence-corrected chi connectivity index (χ2v) is 6.91. The van der Waals surface area contributed by atoms with Crippen molar-refractivity contribution in [1.82, 2.24) is 15.5 Å². The fraction of sp³-hybridized carbons (Fsp3) is 0.375. The summed E-state index contributed by atoms with van der Waals surface area (Å²) in [6.45, 7) is 1.26. The number of urea groups is 1. The van der Waals surface area contributed by atoms with Gasteiger partial charge in [-0.25, -0.2) is 9.59 Å². The maximum absolute atomic E-state index is 12.2. The van der Waals surface area contributed by atoms with Crippen LogP contribution in [0, 0.1) is 0 Å². The third kappa shape index (κ3) is 4.50. The largest absolute Gasteiger partial charge is 0.452 e. The fourth-order valence-electron chi connectivity index (χ4n) is 2.00. The average molecular weight is 365 g/mol. The number of esters is 1. The van der Waals surface area contributed by atoms with E-state index < -0.39 is 23.4 Å². The van der Waals surface area contributed by atoms with E-state index >= 15 is 0 Å². The summed E-state index contributed by atoms with van der Waals surface area (Å²) < 4.78 is 5.03. The Hall–Kier alpha value is -2.55. The van der Waals surface area contributed by atoms with Gasteiger partial charge in [-0.2, -0.15) is 0 Å². The zero-order valence-corrected chi connectivity index (χ0v) is 14.9. The number of hydrogen-bond acceptors (Lipinski definition) is 6.